The largest absolute Gasteiger partial charge is 0.361 e. The summed E-state index contributed by atoms with van der Waals surface area (Å²) in [6.07, 6.45) is 4.01. The molecule has 0 radical (unpaired) electrons. The number of carbonyl (C=O) groups is 2. The number of amides is 2. The van der Waals surface area contributed by atoms with Crippen molar-refractivity contribution in [2.75, 3.05) is 13.1 Å². The van der Waals surface area contributed by atoms with Gasteiger partial charge in [0.2, 0.25) is 5.91 Å². The number of carbonyl (C=O) groups excluding carboxylic acids is 2. The molecule has 9 heteroatoms. The van der Waals surface area contributed by atoms with Gasteiger partial charge in [-0.15, -0.1) is 0 Å². The lowest BCUT2D eigenvalue weighted by atomic mass is 10.1. The van der Waals surface area contributed by atoms with Gasteiger partial charge < -0.3 is 10.3 Å². The van der Waals surface area contributed by atoms with Crippen LogP contribution in [0, 0.1) is 5.82 Å². The minimum absolute atomic E-state index is 0.160. The third-order valence-corrected chi connectivity index (χ3v) is 6.54. The molecule has 1 fully saturated rings. The van der Waals surface area contributed by atoms with Gasteiger partial charge >= 0.3 is 0 Å². The van der Waals surface area contributed by atoms with Crippen molar-refractivity contribution in [2.45, 2.75) is 6.42 Å². The van der Waals surface area contributed by atoms with Crippen LogP contribution in [0.4, 0.5) is 4.39 Å². The summed E-state index contributed by atoms with van der Waals surface area (Å²) >= 11 is 12.6. The number of aromatic amines is 1. The van der Waals surface area contributed by atoms with Crippen LogP contribution in [-0.4, -0.2) is 39.1 Å². The van der Waals surface area contributed by atoms with Crippen molar-refractivity contribution in [3.05, 3.63) is 75.5 Å². The molecule has 0 bridgehead atoms. The first-order valence-corrected chi connectivity index (χ1v) is 11.0. The number of benzene rings is 2. The summed E-state index contributed by atoms with van der Waals surface area (Å²) in [4.78, 5) is 29.9. The van der Waals surface area contributed by atoms with Gasteiger partial charge in [0.15, 0.2) is 0 Å². The molecule has 1 saturated heterocycles. The molecular formula is C22H17ClFN3O2S2. The summed E-state index contributed by atoms with van der Waals surface area (Å²) in [5.74, 6) is -0.949. The van der Waals surface area contributed by atoms with Crippen LogP contribution in [0.2, 0.25) is 5.02 Å². The van der Waals surface area contributed by atoms with Crippen LogP contribution >= 0.6 is 35.6 Å². The maximum absolute atomic E-state index is 13.5. The van der Waals surface area contributed by atoms with Crippen molar-refractivity contribution in [1.29, 1.82) is 0 Å². The number of fused-ring (bicyclic) bond motifs is 1. The Morgan fingerprint density at radius 3 is 2.90 bits per heavy atom. The summed E-state index contributed by atoms with van der Waals surface area (Å²) < 4.78 is 13.8. The Morgan fingerprint density at radius 1 is 1.29 bits per heavy atom. The van der Waals surface area contributed by atoms with E-state index in [2.05, 4.69) is 10.3 Å². The van der Waals surface area contributed by atoms with Gasteiger partial charge in [0.1, 0.15) is 16.7 Å². The molecule has 5 nitrogen and oxygen atoms in total. The molecule has 0 unspecified atom stereocenters. The standard InChI is InChI=1S/C22H17ClFN3O2S2/c23-17-4-2-1-3-13(17)9-19-21(29)27(22(30)31-19)12-20(28)25-8-7-14-11-26-18-6-5-15(24)10-16(14)18/h1-6,9-11,26H,7-8,12H2,(H,25,28)/b19-9-. The minimum atomic E-state index is -0.322. The number of halogens is 2. The van der Waals surface area contributed by atoms with Gasteiger partial charge in [-0.2, -0.15) is 0 Å². The Balaban J connectivity index is 1.35. The average molecular weight is 474 g/mol. The molecule has 1 aliphatic rings. The molecule has 158 valence electrons. The zero-order valence-corrected chi connectivity index (χ0v) is 18.5. The number of aromatic nitrogens is 1. The highest BCUT2D eigenvalue weighted by molar-refractivity contribution is 8.26. The number of nitrogens with zero attached hydrogens (tertiary/aromatic N) is 1. The van der Waals surface area contributed by atoms with Gasteiger partial charge in [0.05, 0.1) is 4.91 Å². The third-order valence-electron chi connectivity index (χ3n) is 4.81. The Labute approximate surface area is 192 Å². The second kappa shape index (κ2) is 9.21. The van der Waals surface area contributed by atoms with Crippen LogP contribution in [0.25, 0.3) is 17.0 Å². The van der Waals surface area contributed by atoms with E-state index in [-0.39, 0.29) is 24.2 Å². The SMILES string of the molecule is O=C(CN1C(=O)/C(=C/c2ccccc2Cl)SC1=S)NCCc1c[nH]c2ccc(F)cc12. The van der Waals surface area contributed by atoms with E-state index in [1.807, 2.05) is 12.1 Å². The third kappa shape index (κ3) is 4.81. The number of rotatable bonds is 6. The number of thiocarbonyl (C=S) groups is 1. The fourth-order valence-electron chi connectivity index (χ4n) is 3.26. The van der Waals surface area contributed by atoms with Gasteiger partial charge in [0.25, 0.3) is 5.91 Å². The van der Waals surface area contributed by atoms with Crippen molar-refractivity contribution in [3.8, 4) is 0 Å². The molecule has 31 heavy (non-hydrogen) atoms. The quantitative estimate of drug-likeness (QED) is 0.408. The van der Waals surface area contributed by atoms with Gasteiger partial charge in [-0.05, 0) is 47.9 Å². The minimum Gasteiger partial charge on any atom is -0.361 e. The molecule has 3 aromatic rings. The fraction of sp³-hybridized carbons (Fsp3) is 0.136. The maximum Gasteiger partial charge on any atom is 0.266 e. The highest BCUT2D eigenvalue weighted by atomic mass is 35.5. The van der Waals surface area contributed by atoms with E-state index in [0.29, 0.717) is 32.8 Å². The highest BCUT2D eigenvalue weighted by Crippen LogP contribution is 2.33. The molecule has 0 saturated carbocycles. The van der Waals surface area contributed by atoms with E-state index in [0.717, 1.165) is 28.2 Å². The van der Waals surface area contributed by atoms with Crippen molar-refractivity contribution in [2.24, 2.45) is 0 Å². The van der Waals surface area contributed by atoms with E-state index in [4.69, 9.17) is 23.8 Å². The van der Waals surface area contributed by atoms with Gasteiger partial charge in [-0.3, -0.25) is 14.5 Å². The fourth-order valence-corrected chi connectivity index (χ4v) is 4.70. The first kappa shape index (κ1) is 21.5. The lowest BCUT2D eigenvalue weighted by Gasteiger charge is -2.14. The summed E-state index contributed by atoms with van der Waals surface area (Å²) in [6, 6.07) is 11.7. The molecule has 2 heterocycles. The molecule has 2 aromatic carbocycles. The number of nitrogens with one attached hydrogen (secondary N) is 2. The zero-order valence-electron chi connectivity index (χ0n) is 16.2. The van der Waals surface area contributed by atoms with Crippen LogP contribution in [0.15, 0.2) is 53.6 Å². The Morgan fingerprint density at radius 2 is 2.10 bits per heavy atom. The molecule has 0 spiro atoms. The van der Waals surface area contributed by atoms with Crippen molar-refractivity contribution >= 4 is 68.7 Å². The lowest BCUT2D eigenvalue weighted by Crippen LogP contribution is -2.40. The van der Waals surface area contributed by atoms with E-state index < -0.39 is 0 Å². The van der Waals surface area contributed by atoms with Crippen LogP contribution in [0.3, 0.4) is 0 Å². The molecule has 2 amide bonds. The Bertz CT molecular complexity index is 1220. The van der Waals surface area contributed by atoms with Crippen molar-refractivity contribution in [1.82, 2.24) is 15.2 Å². The lowest BCUT2D eigenvalue weighted by molar-refractivity contribution is -0.128. The monoisotopic (exact) mass is 473 g/mol. The second-order valence-corrected chi connectivity index (χ2v) is 8.98. The smallest absolute Gasteiger partial charge is 0.266 e. The summed E-state index contributed by atoms with van der Waals surface area (Å²) in [5, 5.41) is 4.11. The van der Waals surface area contributed by atoms with Gasteiger partial charge in [-0.1, -0.05) is 53.8 Å². The summed E-state index contributed by atoms with van der Waals surface area (Å²) in [7, 11) is 0. The Hall–Kier alpha value is -2.68. The topological polar surface area (TPSA) is 65.2 Å². The molecule has 0 aliphatic carbocycles. The van der Waals surface area contributed by atoms with E-state index in [1.165, 1.54) is 17.0 Å². The highest BCUT2D eigenvalue weighted by Gasteiger charge is 2.33. The Kier molecular flexibility index (Phi) is 6.41. The first-order chi connectivity index (χ1) is 14.9. The first-order valence-electron chi connectivity index (χ1n) is 9.44. The molecule has 4 rings (SSSR count). The van der Waals surface area contributed by atoms with E-state index in [9.17, 15) is 14.0 Å². The second-order valence-electron chi connectivity index (χ2n) is 6.89. The number of H-pyrrole nitrogens is 1. The van der Waals surface area contributed by atoms with Crippen LogP contribution in [-0.2, 0) is 16.0 Å². The predicted octanol–water partition coefficient (Wildman–Crippen LogP) is 4.52. The zero-order chi connectivity index (χ0) is 22.0. The number of thioether (sulfide) groups is 1. The predicted molar refractivity (Wildman–Crippen MR) is 126 cm³/mol. The van der Waals surface area contributed by atoms with Crippen LogP contribution in [0.1, 0.15) is 11.1 Å². The van der Waals surface area contributed by atoms with Crippen molar-refractivity contribution < 1.29 is 14.0 Å². The van der Waals surface area contributed by atoms with Crippen LogP contribution in [0.5, 0.6) is 0 Å². The number of hydrogen-bond donors (Lipinski definition) is 2. The maximum atomic E-state index is 13.5. The van der Waals surface area contributed by atoms with E-state index in [1.54, 1.807) is 30.5 Å². The average Bonchev–Trinajstić information content (AvgIpc) is 3.25. The molecule has 0 atom stereocenters. The summed E-state index contributed by atoms with van der Waals surface area (Å²) in [5.41, 5.74) is 2.46. The molecule has 1 aromatic heterocycles. The molecule has 2 N–H and O–H groups in total. The van der Waals surface area contributed by atoms with Gasteiger partial charge in [-0.25, -0.2) is 4.39 Å². The normalized spacial score (nSPS) is 15.3. The number of hydrogen-bond acceptors (Lipinski definition) is 4. The van der Waals surface area contributed by atoms with Crippen LogP contribution < -0.4 is 5.32 Å². The molecular weight excluding hydrogens is 457 g/mol. The molecule has 1 aliphatic heterocycles. The van der Waals surface area contributed by atoms with E-state index >= 15 is 0 Å². The summed E-state index contributed by atoms with van der Waals surface area (Å²) in [6.45, 7) is 0.194. The van der Waals surface area contributed by atoms with Gasteiger partial charge in [0, 0.05) is 28.7 Å². The van der Waals surface area contributed by atoms with Crippen molar-refractivity contribution in [3.63, 3.8) is 0 Å².